The molecule has 144 valence electrons. The van der Waals surface area contributed by atoms with Crippen molar-refractivity contribution >= 4 is 17.6 Å². The summed E-state index contributed by atoms with van der Waals surface area (Å²) in [5.74, 6) is -1.73. The van der Waals surface area contributed by atoms with Crippen LogP contribution in [0.15, 0.2) is 48.5 Å². The number of alkyl halides is 2. The molecule has 0 aliphatic heterocycles. The topological polar surface area (TPSA) is 67.9 Å². The summed E-state index contributed by atoms with van der Waals surface area (Å²) in [6.07, 6.45) is 0. The van der Waals surface area contributed by atoms with Crippen molar-refractivity contribution in [3.05, 3.63) is 59.7 Å². The van der Waals surface area contributed by atoms with E-state index in [1.165, 1.54) is 24.3 Å². The molecule has 0 aliphatic carbocycles. The van der Waals surface area contributed by atoms with Gasteiger partial charge >= 0.3 is 12.6 Å². The van der Waals surface area contributed by atoms with E-state index >= 15 is 0 Å². The van der Waals surface area contributed by atoms with E-state index in [9.17, 15) is 18.4 Å². The molecule has 0 bridgehead atoms. The van der Waals surface area contributed by atoms with Crippen molar-refractivity contribution < 1.29 is 27.8 Å². The number of amides is 1. The van der Waals surface area contributed by atoms with E-state index in [1.807, 2.05) is 43.3 Å². The van der Waals surface area contributed by atoms with Gasteiger partial charge in [0.2, 0.25) is 0 Å². The second-order valence-corrected chi connectivity index (χ2v) is 5.79. The van der Waals surface area contributed by atoms with Gasteiger partial charge in [-0.2, -0.15) is 8.78 Å². The molecule has 2 aromatic carbocycles. The van der Waals surface area contributed by atoms with Gasteiger partial charge in [-0.15, -0.1) is 0 Å². The third-order valence-electron chi connectivity index (χ3n) is 3.60. The molecule has 27 heavy (non-hydrogen) atoms. The van der Waals surface area contributed by atoms with Crippen LogP contribution in [0.4, 0.5) is 14.5 Å². The van der Waals surface area contributed by atoms with Crippen molar-refractivity contribution in [1.82, 2.24) is 5.32 Å². The first-order chi connectivity index (χ1) is 12.9. The molecular weight excluding hydrogens is 358 g/mol. The molecule has 0 radical (unpaired) electrons. The normalized spacial score (nSPS) is 10.4. The summed E-state index contributed by atoms with van der Waals surface area (Å²) in [6.45, 7) is -3.33. The molecule has 0 unspecified atom stereocenters. The summed E-state index contributed by atoms with van der Waals surface area (Å²) >= 11 is 0. The first kappa shape index (κ1) is 20.2. The number of esters is 1. The zero-order valence-corrected chi connectivity index (χ0v) is 14.9. The Labute approximate surface area is 155 Å². The van der Waals surface area contributed by atoms with Crippen molar-refractivity contribution in [2.24, 2.45) is 0 Å². The number of nitrogens with one attached hydrogen (secondary N) is 1. The number of para-hydroxylation sites is 1. The maximum absolute atomic E-state index is 12.4. The van der Waals surface area contributed by atoms with Crippen LogP contribution in [0.1, 0.15) is 15.9 Å². The molecule has 8 heteroatoms. The number of rotatable bonds is 8. The highest BCUT2D eigenvalue weighted by atomic mass is 19.3. The second-order valence-electron chi connectivity index (χ2n) is 5.79. The zero-order chi connectivity index (χ0) is 19.8. The fraction of sp³-hybridized carbons (Fsp3) is 0.263. The maximum Gasteiger partial charge on any atom is 0.387 e. The van der Waals surface area contributed by atoms with Crippen LogP contribution < -0.4 is 15.0 Å². The van der Waals surface area contributed by atoms with Crippen LogP contribution in [0, 0.1) is 0 Å². The van der Waals surface area contributed by atoms with E-state index in [4.69, 9.17) is 4.74 Å². The van der Waals surface area contributed by atoms with Crippen molar-refractivity contribution in [3.63, 3.8) is 0 Å². The number of benzene rings is 2. The van der Waals surface area contributed by atoms with E-state index in [0.29, 0.717) is 0 Å². The highest BCUT2D eigenvalue weighted by Gasteiger charge is 2.17. The van der Waals surface area contributed by atoms with Crippen LogP contribution in [-0.4, -0.2) is 39.2 Å². The number of nitrogens with zero attached hydrogens (tertiary/aromatic N) is 1. The first-order valence-electron chi connectivity index (χ1n) is 8.10. The SMILES string of the molecule is CN(C)c1ccc(CNC(=O)COC(=O)c2ccccc2OC(F)F)cc1. The van der Waals surface area contributed by atoms with Crippen LogP contribution in [0.25, 0.3) is 0 Å². The van der Waals surface area contributed by atoms with Gasteiger partial charge in [0.25, 0.3) is 5.91 Å². The third kappa shape index (κ3) is 6.25. The Hall–Kier alpha value is -3.16. The summed E-state index contributed by atoms with van der Waals surface area (Å²) in [6, 6.07) is 13.0. The van der Waals surface area contributed by atoms with Gasteiger partial charge in [-0.1, -0.05) is 24.3 Å². The van der Waals surface area contributed by atoms with Crippen LogP contribution >= 0.6 is 0 Å². The van der Waals surface area contributed by atoms with Gasteiger partial charge in [0.1, 0.15) is 11.3 Å². The number of hydrogen-bond donors (Lipinski definition) is 1. The molecule has 0 aliphatic rings. The molecule has 0 saturated heterocycles. The minimum atomic E-state index is -3.07. The summed E-state index contributed by atoms with van der Waals surface area (Å²) in [4.78, 5) is 25.8. The lowest BCUT2D eigenvalue weighted by Gasteiger charge is -2.13. The van der Waals surface area contributed by atoms with E-state index in [1.54, 1.807) is 0 Å². The lowest BCUT2D eigenvalue weighted by Crippen LogP contribution is -2.28. The third-order valence-corrected chi connectivity index (χ3v) is 3.60. The van der Waals surface area contributed by atoms with E-state index < -0.39 is 25.1 Å². The number of anilines is 1. The molecular formula is C19H20F2N2O4. The summed E-state index contributed by atoms with van der Waals surface area (Å²) < 4.78 is 33.9. The molecule has 2 rings (SSSR count). The molecule has 6 nitrogen and oxygen atoms in total. The monoisotopic (exact) mass is 378 g/mol. The van der Waals surface area contributed by atoms with Crippen molar-refractivity contribution in [2.75, 3.05) is 25.6 Å². The molecule has 0 fully saturated rings. The summed E-state index contributed by atoms with van der Waals surface area (Å²) in [5, 5.41) is 2.62. The van der Waals surface area contributed by atoms with Gasteiger partial charge in [0.05, 0.1) is 0 Å². The molecule has 0 heterocycles. The average Bonchev–Trinajstić information content (AvgIpc) is 2.64. The van der Waals surface area contributed by atoms with Gasteiger partial charge in [0.15, 0.2) is 6.61 Å². The lowest BCUT2D eigenvalue weighted by atomic mass is 10.2. The number of carbonyl (C=O) groups excluding carboxylic acids is 2. The smallest absolute Gasteiger partial charge is 0.387 e. The standard InChI is InChI=1S/C19H20F2N2O4/c1-23(2)14-9-7-13(8-10-14)11-22-17(24)12-26-18(25)15-5-3-4-6-16(15)27-19(20)21/h3-10,19H,11-12H2,1-2H3,(H,22,24). The molecule has 2 aromatic rings. The van der Waals surface area contributed by atoms with Crippen molar-refractivity contribution in [2.45, 2.75) is 13.2 Å². The number of ether oxygens (including phenoxy) is 2. The molecule has 0 aromatic heterocycles. The predicted octanol–water partition coefficient (Wildman–Crippen LogP) is 2.83. The summed E-state index contributed by atoms with van der Waals surface area (Å²) in [7, 11) is 3.85. The van der Waals surface area contributed by atoms with Gasteiger partial charge in [-0.3, -0.25) is 4.79 Å². The largest absolute Gasteiger partial charge is 0.452 e. The Morgan fingerprint density at radius 3 is 2.37 bits per heavy atom. The minimum absolute atomic E-state index is 0.176. The maximum atomic E-state index is 12.4. The van der Waals surface area contributed by atoms with Gasteiger partial charge in [-0.05, 0) is 29.8 Å². The quantitative estimate of drug-likeness (QED) is 0.716. The highest BCUT2D eigenvalue weighted by molar-refractivity contribution is 5.94. The Morgan fingerprint density at radius 1 is 1.07 bits per heavy atom. The molecule has 0 atom stereocenters. The van der Waals surface area contributed by atoms with Gasteiger partial charge < -0.3 is 19.7 Å². The predicted molar refractivity (Wildman–Crippen MR) is 96.0 cm³/mol. The molecule has 0 spiro atoms. The Morgan fingerprint density at radius 2 is 1.74 bits per heavy atom. The van der Waals surface area contributed by atoms with Crippen molar-refractivity contribution in [3.8, 4) is 5.75 Å². The second kappa shape index (κ2) is 9.51. The van der Waals surface area contributed by atoms with E-state index in [0.717, 1.165) is 11.3 Å². The zero-order valence-electron chi connectivity index (χ0n) is 14.9. The van der Waals surface area contributed by atoms with Crippen LogP contribution in [-0.2, 0) is 16.1 Å². The number of carbonyl (C=O) groups is 2. The first-order valence-corrected chi connectivity index (χ1v) is 8.10. The lowest BCUT2D eigenvalue weighted by molar-refractivity contribution is -0.124. The molecule has 0 saturated carbocycles. The summed E-state index contributed by atoms with van der Waals surface area (Å²) in [5.41, 5.74) is 1.74. The minimum Gasteiger partial charge on any atom is -0.452 e. The highest BCUT2D eigenvalue weighted by Crippen LogP contribution is 2.21. The van der Waals surface area contributed by atoms with Gasteiger partial charge in [0, 0.05) is 26.3 Å². The van der Waals surface area contributed by atoms with Crippen LogP contribution in [0.3, 0.4) is 0 Å². The van der Waals surface area contributed by atoms with Crippen LogP contribution in [0.2, 0.25) is 0 Å². The average molecular weight is 378 g/mol. The fourth-order valence-corrected chi connectivity index (χ4v) is 2.21. The molecule has 1 amide bonds. The number of halogens is 2. The molecule has 1 N–H and O–H groups in total. The Bertz CT molecular complexity index is 780. The van der Waals surface area contributed by atoms with Gasteiger partial charge in [-0.25, -0.2) is 4.79 Å². The van der Waals surface area contributed by atoms with E-state index in [2.05, 4.69) is 10.1 Å². The Kier molecular flexibility index (Phi) is 7.10. The van der Waals surface area contributed by atoms with Crippen molar-refractivity contribution in [1.29, 1.82) is 0 Å². The number of hydrogen-bond acceptors (Lipinski definition) is 5. The van der Waals surface area contributed by atoms with E-state index in [-0.39, 0.29) is 17.9 Å². The fourth-order valence-electron chi connectivity index (χ4n) is 2.21. The van der Waals surface area contributed by atoms with Crippen LogP contribution in [0.5, 0.6) is 5.75 Å². The Balaban J connectivity index is 1.84.